The molecule has 1 N–H and O–H groups in total. The largest absolute Gasteiger partial charge is 0.392 e. The highest BCUT2D eigenvalue weighted by Gasteiger charge is 1.95. The topological polar surface area (TPSA) is 20.2 Å². The van der Waals surface area contributed by atoms with Gasteiger partial charge in [-0.3, -0.25) is 0 Å². The van der Waals surface area contributed by atoms with Gasteiger partial charge in [-0.15, -0.1) is 0 Å². The van der Waals surface area contributed by atoms with Crippen LogP contribution in [0, 0.1) is 0 Å². The van der Waals surface area contributed by atoms with Crippen LogP contribution in [0.2, 0.25) is 10.0 Å². The van der Waals surface area contributed by atoms with Gasteiger partial charge in [-0.05, 0) is 17.7 Å². The van der Waals surface area contributed by atoms with E-state index in [4.69, 9.17) is 28.3 Å². The zero-order chi connectivity index (χ0) is 8.97. The first-order valence-corrected chi connectivity index (χ1v) is 4.22. The second-order valence-electron chi connectivity index (χ2n) is 2.26. The molecule has 1 aromatic rings. The molecule has 0 aliphatic carbocycles. The van der Waals surface area contributed by atoms with E-state index in [9.17, 15) is 0 Å². The van der Waals surface area contributed by atoms with Crippen LogP contribution < -0.4 is 0 Å². The predicted octanol–water partition coefficient (Wildman–Crippen LogP) is 3.00. The van der Waals surface area contributed by atoms with Gasteiger partial charge in [-0.2, -0.15) is 0 Å². The average molecular weight is 203 g/mol. The van der Waals surface area contributed by atoms with Crippen molar-refractivity contribution in [2.75, 3.05) is 6.61 Å². The molecule has 1 aromatic carbocycles. The Morgan fingerprint density at radius 3 is 2.58 bits per heavy atom. The molecular weight excluding hydrogens is 195 g/mol. The van der Waals surface area contributed by atoms with Crippen LogP contribution >= 0.6 is 23.2 Å². The Bertz CT molecular complexity index is 295. The number of benzene rings is 1. The van der Waals surface area contributed by atoms with Crippen LogP contribution in [0.25, 0.3) is 6.08 Å². The van der Waals surface area contributed by atoms with E-state index < -0.39 is 0 Å². The molecular formula is C9H8Cl2O. The molecule has 0 aromatic heterocycles. The second kappa shape index (κ2) is 4.51. The molecule has 0 saturated carbocycles. The van der Waals surface area contributed by atoms with Gasteiger partial charge in [0, 0.05) is 0 Å². The zero-order valence-electron chi connectivity index (χ0n) is 6.30. The van der Waals surface area contributed by atoms with Gasteiger partial charge in [0.15, 0.2) is 0 Å². The number of aliphatic hydroxyl groups excluding tert-OH is 1. The summed E-state index contributed by atoms with van der Waals surface area (Å²) < 4.78 is 0. The third-order valence-electron chi connectivity index (χ3n) is 1.36. The van der Waals surface area contributed by atoms with E-state index in [1.165, 1.54) is 0 Å². The average Bonchev–Trinajstić information content (AvgIpc) is 2.07. The maximum Gasteiger partial charge on any atom is 0.0615 e. The maximum absolute atomic E-state index is 8.51. The van der Waals surface area contributed by atoms with Gasteiger partial charge in [0.1, 0.15) is 0 Å². The quantitative estimate of drug-likeness (QED) is 0.783. The van der Waals surface area contributed by atoms with Crippen LogP contribution in [-0.2, 0) is 0 Å². The van der Waals surface area contributed by atoms with E-state index >= 15 is 0 Å². The minimum absolute atomic E-state index is 0.0280. The van der Waals surface area contributed by atoms with Crippen molar-refractivity contribution in [2.24, 2.45) is 0 Å². The lowest BCUT2D eigenvalue weighted by molar-refractivity contribution is 0.343. The highest BCUT2D eigenvalue weighted by atomic mass is 35.5. The van der Waals surface area contributed by atoms with Crippen molar-refractivity contribution in [3.05, 3.63) is 39.9 Å². The fourth-order valence-electron chi connectivity index (χ4n) is 0.805. The summed E-state index contributed by atoms with van der Waals surface area (Å²) >= 11 is 11.5. The normalized spacial score (nSPS) is 10.9. The van der Waals surface area contributed by atoms with Gasteiger partial charge in [0.2, 0.25) is 0 Å². The molecule has 0 fully saturated rings. The van der Waals surface area contributed by atoms with Crippen molar-refractivity contribution in [3.63, 3.8) is 0 Å². The van der Waals surface area contributed by atoms with Crippen molar-refractivity contribution in [3.8, 4) is 0 Å². The molecule has 0 spiro atoms. The number of hydrogen-bond donors (Lipinski definition) is 1. The van der Waals surface area contributed by atoms with Crippen molar-refractivity contribution in [1.29, 1.82) is 0 Å². The van der Waals surface area contributed by atoms with E-state index in [1.54, 1.807) is 24.3 Å². The molecule has 0 aliphatic heterocycles. The molecule has 0 aliphatic rings. The van der Waals surface area contributed by atoms with Gasteiger partial charge >= 0.3 is 0 Å². The van der Waals surface area contributed by atoms with Crippen LogP contribution in [-0.4, -0.2) is 11.7 Å². The lowest BCUT2D eigenvalue weighted by atomic mass is 10.2. The van der Waals surface area contributed by atoms with E-state index in [0.717, 1.165) is 5.56 Å². The van der Waals surface area contributed by atoms with E-state index in [-0.39, 0.29) is 6.61 Å². The molecule has 64 valence electrons. The Hall–Kier alpha value is -0.500. The summed E-state index contributed by atoms with van der Waals surface area (Å²) in [5.41, 5.74) is 0.929. The minimum Gasteiger partial charge on any atom is -0.392 e. The summed E-state index contributed by atoms with van der Waals surface area (Å²) in [6.45, 7) is 0.0280. The van der Waals surface area contributed by atoms with Gasteiger partial charge in [0.05, 0.1) is 16.7 Å². The first-order chi connectivity index (χ1) is 5.74. The van der Waals surface area contributed by atoms with Crippen molar-refractivity contribution < 1.29 is 5.11 Å². The van der Waals surface area contributed by atoms with E-state index in [1.807, 2.05) is 6.07 Å². The van der Waals surface area contributed by atoms with Crippen LogP contribution in [0.15, 0.2) is 24.3 Å². The fraction of sp³-hybridized carbons (Fsp3) is 0.111. The monoisotopic (exact) mass is 202 g/mol. The van der Waals surface area contributed by atoms with Crippen LogP contribution in [0.1, 0.15) is 5.56 Å². The number of halogens is 2. The SMILES string of the molecule is OCC=Cc1ccc(Cl)c(Cl)c1. The maximum atomic E-state index is 8.51. The molecule has 12 heavy (non-hydrogen) atoms. The predicted molar refractivity (Wildman–Crippen MR) is 52.6 cm³/mol. The van der Waals surface area contributed by atoms with E-state index in [0.29, 0.717) is 10.0 Å². The zero-order valence-corrected chi connectivity index (χ0v) is 7.81. The molecule has 1 nitrogen and oxygen atoms in total. The van der Waals surface area contributed by atoms with Gasteiger partial charge in [-0.1, -0.05) is 41.4 Å². The van der Waals surface area contributed by atoms with Crippen LogP contribution in [0.5, 0.6) is 0 Å². The van der Waals surface area contributed by atoms with Crippen LogP contribution in [0.4, 0.5) is 0 Å². The molecule has 0 heterocycles. The molecule has 3 heteroatoms. The standard InChI is InChI=1S/C9H8Cl2O/c10-8-4-3-7(2-1-5-12)6-9(8)11/h1-4,6,12H,5H2. The summed E-state index contributed by atoms with van der Waals surface area (Å²) in [7, 11) is 0. The minimum atomic E-state index is 0.0280. The van der Waals surface area contributed by atoms with Crippen molar-refractivity contribution >= 4 is 29.3 Å². The van der Waals surface area contributed by atoms with E-state index in [2.05, 4.69) is 0 Å². The summed E-state index contributed by atoms with van der Waals surface area (Å²) in [6, 6.07) is 5.30. The lowest BCUT2D eigenvalue weighted by Gasteiger charge is -1.96. The Labute approximate surface area is 81.2 Å². The Morgan fingerprint density at radius 1 is 1.25 bits per heavy atom. The fourth-order valence-corrected chi connectivity index (χ4v) is 1.11. The third-order valence-corrected chi connectivity index (χ3v) is 2.10. The molecule has 1 rings (SSSR count). The highest BCUT2D eigenvalue weighted by molar-refractivity contribution is 6.42. The first kappa shape index (κ1) is 9.59. The second-order valence-corrected chi connectivity index (χ2v) is 3.07. The summed E-state index contributed by atoms with van der Waals surface area (Å²) in [6.07, 6.45) is 3.42. The van der Waals surface area contributed by atoms with Gasteiger partial charge in [-0.25, -0.2) is 0 Å². The Kier molecular flexibility index (Phi) is 3.60. The molecule has 0 bridgehead atoms. The molecule has 0 unspecified atom stereocenters. The molecule has 0 radical (unpaired) electrons. The number of aliphatic hydroxyl groups is 1. The summed E-state index contributed by atoms with van der Waals surface area (Å²) in [5, 5.41) is 9.57. The summed E-state index contributed by atoms with van der Waals surface area (Å²) in [4.78, 5) is 0. The number of rotatable bonds is 2. The molecule has 0 saturated heterocycles. The van der Waals surface area contributed by atoms with Crippen molar-refractivity contribution in [1.82, 2.24) is 0 Å². The highest BCUT2D eigenvalue weighted by Crippen LogP contribution is 2.22. The number of hydrogen-bond acceptors (Lipinski definition) is 1. The Morgan fingerprint density at radius 2 is 2.00 bits per heavy atom. The summed E-state index contributed by atoms with van der Waals surface area (Å²) in [5.74, 6) is 0. The van der Waals surface area contributed by atoms with Crippen molar-refractivity contribution in [2.45, 2.75) is 0 Å². The smallest absolute Gasteiger partial charge is 0.0615 e. The third kappa shape index (κ3) is 2.52. The Balaban J connectivity index is 2.89. The van der Waals surface area contributed by atoms with Crippen LogP contribution in [0.3, 0.4) is 0 Å². The molecule has 0 amide bonds. The first-order valence-electron chi connectivity index (χ1n) is 3.46. The molecule has 0 atom stereocenters. The van der Waals surface area contributed by atoms with Gasteiger partial charge < -0.3 is 5.11 Å². The lowest BCUT2D eigenvalue weighted by Crippen LogP contribution is -1.75. The van der Waals surface area contributed by atoms with Gasteiger partial charge in [0.25, 0.3) is 0 Å².